The largest absolute Gasteiger partial charge is 0.591 e. The predicted octanol–water partition coefficient (Wildman–Crippen LogP) is 4.24. The summed E-state index contributed by atoms with van der Waals surface area (Å²) in [5.74, 6) is 0. The molecule has 5 heteroatoms. The molecule has 0 aromatic carbocycles. The maximum absolute atomic E-state index is 11.7. The second-order valence-electron chi connectivity index (χ2n) is 4.55. The summed E-state index contributed by atoms with van der Waals surface area (Å²) in [6, 6.07) is 0. The van der Waals surface area contributed by atoms with Gasteiger partial charge in [0, 0.05) is 10.1 Å². The minimum Gasteiger partial charge on any atom is -0.591 e. The molecule has 0 saturated heterocycles. The lowest BCUT2D eigenvalue weighted by Crippen LogP contribution is -2.25. The van der Waals surface area contributed by atoms with Gasteiger partial charge in [0.1, 0.15) is 16.1 Å². The van der Waals surface area contributed by atoms with Crippen LogP contribution >= 0.6 is 31.9 Å². The Labute approximate surface area is 117 Å². The van der Waals surface area contributed by atoms with Crippen LogP contribution in [0.3, 0.4) is 0 Å². The van der Waals surface area contributed by atoms with Crippen LogP contribution in [0, 0.1) is 0 Å². The Morgan fingerprint density at radius 3 is 2.56 bits per heavy atom. The van der Waals surface area contributed by atoms with Crippen molar-refractivity contribution in [2.75, 3.05) is 0 Å². The molecule has 1 aliphatic carbocycles. The van der Waals surface area contributed by atoms with E-state index < -0.39 is 11.4 Å². The SMILES string of the molecule is CC(C)(C)[S@+]([O-])/N=C\C1=C(Br)CCC(Br)=C1. The third-order valence-electron chi connectivity index (χ3n) is 2.02. The highest BCUT2D eigenvalue weighted by molar-refractivity contribution is 9.12. The van der Waals surface area contributed by atoms with E-state index in [4.69, 9.17) is 0 Å². The van der Waals surface area contributed by atoms with Gasteiger partial charge in [-0.15, -0.1) is 0 Å². The van der Waals surface area contributed by atoms with E-state index in [-0.39, 0.29) is 4.75 Å². The van der Waals surface area contributed by atoms with Gasteiger partial charge in [-0.05, 0) is 44.2 Å². The summed E-state index contributed by atoms with van der Waals surface area (Å²) in [5, 5.41) is 0. The first-order chi connectivity index (χ1) is 7.30. The fraction of sp³-hybridized carbons (Fsp3) is 0.545. The van der Waals surface area contributed by atoms with Gasteiger partial charge < -0.3 is 4.55 Å². The molecule has 0 N–H and O–H groups in total. The average Bonchev–Trinajstić information content (AvgIpc) is 2.17. The van der Waals surface area contributed by atoms with Crippen LogP contribution in [0.2, 0.25) is 0 Å². The summed E-state index contributed by atoms with van der Waals surface area (Å²) < 4.78 is 17.8. The molecule has 0 spiro atoms. The lowest BCUT2D eigenvalue weighted by Gasteiger charge is -2.18. The minimum atomic E-state index is -1.20. The molecule has 1 aliphatic rings. The molecule has 0 unspecified atom stereocenters. The highest BCUT2D eigenvalue weighted by atomic mass is 79.9. The van der Waals surface area contributed by atoms with Crippen LogP contribution in [-0.2, 0) is 11.4 Å². The molecular formula is C11H15Br2NOS. The van der Waals surface area contributed by atoms with E-state index in [1.165, 1.54) is 0 Å². The molecule has 90 valence electrons. The number of allylic oxidation sites excluding steroid dienone is 4. The number of rotatable bonds is 2. The van der Waals surface area contributed by atoms with Crippen LogP contribution in [0.1, 0.15) is 33.6 Å². The summed E-state index contributed by atoms with van der Waals surface area (Å²) in [4.78, 5) is 0. The van der Waals surface area contributed by atoms with Gasteiger partial charge in [-0.3, -0.25) is 0 Å². The maximum atomic E-state index is 11.7. The van der Waals surface area contributed by atoms with Crippen LogP contribution in [0.25, 0.3) is 0 Å². The Morgan fingerprint density at radius 2 is 2.00 bits per heavy atom. The van der Waals surface area contributed by atoms with E-state index in [1.807, 2.05) is 26.8 Å². The van der Waals surface area contributed by atoms with Crippen molar-refractivity contribution < 1.29 is 4.55 Å². The predicted molar refractivity (Wildman–Crippen MR) is 78.6 cm³/mol. The molecule has 0 heterocycles. The van der Waals surface area contributed by atoms with Gasteiger partial charge in [-0.25, -0.2) is 0 Å². The first-order valence-electron chi connectivity index (χ1n) is 5.01. The number of hydrogen-bond donors (Lipinski definition) is 0. The van der Waals surface area contributed by atoms with Crippen LogP contribution in [0.5, 0.6) is 0 Å². The Morgan fingerprint density at radius 1 is 1.38 bits per heavy atom. The maximum Gasteiger partial charge on any atom is 0.144 e. The van der Waals surface area contributed by atoms with E-state index in [2.05, 4.69) is 36.3 Å². The Balaban J connectivity index is 2.78. The molecule has 0 amide bonds. The smallest absolute Gasteiger partial charge is 0.144 e. The van der Waals surface area contributed by atoms with Gasteiger partial charge in [-0.1, -0.05) is 36.3 Å². The summed E-state index contributed by atoms with van der Waals surface area (Å²) in [6.45, 7) is 5.74. The van der Waals surface area contributed by atoms with Crippen LogP contribution in [0.4, 0.5) is 0 Å². The molecular weight excluding hydrogens is 354 g/mol. The first kappa shape index (κ1) is 14.5. The van der Waals surface area contributed by atoms with Gasteiger partial charge in [0.25, 0.3) is 0 Å². The average molecular weight is 369 g/mol. The van der Waals surface area contributed by atoms with Crippen molar-refractivity contribution in [2.45, 2.75) is 38.4 Å². The lowest BCUT2D eigenvalue weighted by molar-refractivity contribution is 0.562. The molecule has 0 aliphatic heterocycles. The first-order valence-corrected chi connectivity index (χ1v) is 7.71. The Hall–Kier alpha value is 0.420. The highest BCUT2D eigenvalue weighted by Crippen LogP contribution is 2.30. The van der Waals surface area contributed by atoms with Crippen LogP contribution < -0.4 is 0 Å². The molecule has 0 saturated carbocycles. The highest BCUT2D eigenvalue weighted by Gasteiger charge is 2.26. The van der Waals surface area contributed by atoms with Crippen molar-refractivity contribution in [3.05, 3.63) is 20.6 Å². The standard InChI is InChI=1S/C11H15Br2NOS/c1-11(2,3)16(15)14-7-8-6-9(12)4-5-10(8)13/h6-7H,4-5H2,1-3H3/b14-7-/t16-/m0/s1. The third-order valence-corrected chi connectivity index (χ3v) is 4.84. The van der Waals surface area contributed by atoms with E-state index in [9.17, 15) is 4.55 Å². The van der Waals surface area contributed by atoms with E-state index in [0.29, 0.717) is 0 Å². The van der Waals surface area contributed by atoms with Crippen LogP contribution in [-0.4, -0.2) is 15.5 Å². The number of nitrogens with zero attached hydrogens (tertiary/aromatic N) is 1. The molecule has 0 aromatic rings. The molecule has 2 nitrogen and oxygen atoms in total. The van der Waals surface area contributed by atoms with E-state index in [0.717, 1.165) is 27.4 Å². The fourth-order valence-corrected chi connectivity index (χ4v) is 2.45. The normalized spacial score (nSPS) is 20.2. The second-order valence-corrected chi connectivity index (χ2v) is 8.46. The lowest BCUT2D eigenvalue weighted by atomic mass is 10.1. The van der Waals surface area contributed by atoms with Crippen molar-refractivity contribution in [3.8, 4) is 0 Å². The van der Waals surface area contributed by atoms with Gasteiger partial charge in [0.05, 0.1) is 6.21 Å². The van der Waals surface area contributed by atoms with Crippen molar-refractivity contribution in [3.63, 3.8) is 0 Å². The number of halogens is 2. The van der Waals surface area contributed by atoms with E-state index >= 15 is 0 Å². The third kappa shape index (κ3) is 4.35. The monoisotopic (exact) mass is 367 g/mol. The zero-order chi connectivity index (χ0) is 12.3. The van der Waals surface area contributed by atoms with Gasteiger partial charge in [0.2, 0.25) is 0 Å². The van der Waals surface area contributed by atoms with Crippen molar-refractivity contribution >= 4 is 49.4 Å². The second kappa shape index (κ2) is 5.85. The fourth-order valence-electron chi connectivity index (χ4n) is 1.06. The Bertz CT molecular complexity index is 355. The number of hydrogen-bond acceptors (Lipinski definition) is 2. The summed E-state index contributed by atoms with van der Waals surface area (Å²) in [6.07, 6.45) is 5.66. The summed E-state index contributed by atoms with van der Waals surface area (Å²) in [7, 11) is 0. The van der Waals surface area contributed by atoms with Gasteiger partial charge in [0.15, 0.2) is 0 Å². The van der Waals surface area contributed by atoms with Gasteiger partial charge in [-0.2, -0.15) is 0 Å². The molecule has 0 radical (unpaired) electrons. The van der Waals surface area contributed by atoms with Gasteiger partial charge >= 0.3 is 0 Å². The van der Waals surface area contributed by atoms with Crippen molar-refractivity contribution in [1.82, 2.24) is 0 Å². The molecule has 1 rings (SSSR count). The molecule has 0 fully saturated rings. The zero-order valence-corrected chi connectivity index (χ0v) is 13.6. The van der Waals surface area contributed by atoms with E-state index in [1.54, 1.807) is 6.21 Å². The molecule has 16 heavy (non-hydrogen) atoms. The summed E-state index contributed by atoms with van der Waals surface area (Å²) in [5.41, 5.74) is 0.996. The molecule has 0 bridgehead atoms. The molecule has 1 atom stereocenters. The van der Waals surface area contributed by atoms with Crippen molar-refractivity contribution in [1.29, 1.82) is 0 Å². The quantitative estimate of drug-likeness (QED) is 0.530. The Kier molecular flexibility index (Phi) is 5.29. The summed E-state index contributed by atoms with van der Waals surface area (Å²) >= 11 is 5.78. The molecule has 0 aromatic heterocycles. The minimum absolute atomic E-state index is 0.306. The van der Waals surface area contributed by atoms with Crippen LogP contribution in [0.15, 0.2) is 25.0 Å². The topological polar surface area (TPSA) is 35.4 Å². The van der Waals surface area contributed by atoms with Crippen molar-refractivity contribution in [2.24, 2.45) is 4.40 Å². The zero-order valence-electron chi connectivity index (χ0n) is 9.59.